The highest BCUT2D eigenvalue weighted by Crippen LogP contribution is 2.30. The second kappa shape index (κ2) is 8.42. The summed E-state index contributed by atoms with van der Waals surface area (Å²) in [5.74, 6) is -0.874. The zero-order valence-corrected chi connectivity index (χ0v) is 17.4. The molecule has 9 heteroatoms. The number of rotatable bonds is 6. The number of benzene rings is 1. The van der Waals surface area contributed by atoms with Crippen molar-refractivity contribution in [2.75, 3.05) is 0 Å². The zero-order chi connectivity index (χ0) is 20.3. The van der Waals surface area contributed by atoms with Gasteiger partial charge in [-0.15, -0.1) is 11.3 Å². The Morgan fingerprint density at radius 3 is 2.43 bits per heavy atom. The topological polar surface area (TPSA) is 104 Å². The van der Waals surface area contributed by atoms with Crippen LogP contribution in [0.25, 0.3) is 0 Å². The fraction of sp³-hybridized carbons (Fsp3) is 0.368. The zero-order valence-electron chi connectivity index (χ0n) is 15.7. The van der Waals surface area contributed by atoms with Crippen LogP contribution in [0.2, 0.25) is 0 Å². The molecule has 1 aliphatic carbocycles. The van der Waals surface area contributed by atoms with Crippen molar-refractivity contribution in [1.82, 2.24) is 15.6 Å². The standard InChI is InChI=1S/C19H23N3O4S2/c1-3-12(2)22-28(25,26)15-9-7-13(8-10-15)18(23)20-21-19(24)17-11-14-5-4-6-16(14)27-17/h7-12,22H,3-6H2,1-2H3,(H,20,23)(H,21,24). The van der Waals surface area contributed by atoms with Gasteiger partial charge in [0.2, 0.25) is 10.0 Å². The lowest BCUT2D eigenvalue weighted by atomic mass is 10.2. The Bertz CT molecular complexity index is 960. The number of hydrazine groups is 1. The summed E-state index contributed by atoms with van der Waals surface area (Å²) in [4.78, 5) is 26.3. The van der Waals surface area contributed by atoms with Gasteiger partial charge >= 0.3 is 0 Å². The molecular weight excluding hydrogens is 398 g/mol. The number of aryl methyl sites for hydroxylation is 2. The van der Waals surface area contributed by atoms with Crippen LogP contribution in [0.5, 0.6) is 0 Å². The predicted octanol–water partition coefficient (Wildman–Crippen LogP) is 2.39. The van der Waals surface area contributed by atoms with Gasteiger partial charge in [0.15, 0.2) is 0 Å². The van der Waals surface area contributed by atoms with Crippen molar-refractivity contribution in [1.29, 1.82) is 0 Å². The van der Waals surface area contributed by atoms with E-state index in [1.165, 1.54) is 46.0 Å². The number of hydrogen-bond acceptors (Lipinski definition) is 5. The van der Waals surface area contributed by atoms with E-state index in [-0.39, 0.29) is 22.4 Å². The van der Waals surface area contributed by atoms with Gasteiger partial charge in [-0.25, -0.2) is 13.1 Å². The maximum Gasteiger partial charge on any atom is 0.279 e. The van der Waals surface area contributed by atoms with Crippen LogP contribution in [0, 0.1) is 0 Å². The van der Waals surface area contributed by atoms with Gasteiger partial charge in [0.25, 0.3) is 11.8 Å². The predicted molar refractivity (Wildman–Crippen MR) is 108 cm³/mol. The second-order valence-electron chi connectivity index (χ2n) is 6.78. The summed E-state index contributed by atoms with van der Waals surface area (Å²) in [5, 5.41) is 0. The Kier molecular flexibility index (Phi) is 6.17. The van der Waals surface area contributed by atoms with E-state index in [0.717, 1.165) is 19.3 Å². The highest BCUT2D eigenvalue weighted by atomic mass is 32.2. The summed E-state index contributed by atoms with van der Waals surface area (Å²) in [7, 11) is -3.62. The average molecular weight is 422 g/mol. The number of nitrogens with one attached hydrogen (secondary N) is 3. The molecule has 1 aliphatic rings. The van der Waals surface area contributed by atoms with Gasteiger partial charge in [-0.1, -0.05) is 6.92 Å². The lowest BCUT2D eigenvalue weighted by molar-refractivity contribution is 0.0849. The summed E-state index contributed by atoms with van der Waals surface area (Å²) in [6.07, 6.45) is 3.79. The van der Waals surface area contributed by atoms with Gasteiger partial charge in [-0.05, 0) is 68.5 Å². The third-order valence-corrected chi connectivity index (χ3v) is 7.50. The van der Waals surface area contributed by atoms with E-state index in [9.17, 15) is 18.0 Å². The van der Waals surface area contributed by atoms with Crippen molar-refractivity contribution in [3.63, 3.8) is 0 Å². The van der Waals surface area contributed by atoms with E-state index >= 15 is 0 Å². The van der Waals surface area contributed by atoms with Crippen LogP contribution in [-0.2, 0) is 22.9 Å². The molecule has 0 saturated carbocycles. The summed E-state index contributed by atoms with van der Waals surface area (Å²) in [6, 6.07) is 7.25. The third kappa shape index (κ3) is 4.60. The van der Waals surface area contributed by atoms with Gasteiger partial charge in [-0.2, -0.15) is 0 Å². The molecule has 7 nitrogen and oxygen atoms in total. The second-order valence-corrected chi connectivity index (χ2v) is 9.63. The van der Waals surface area contributed by atoms with E-state index in [2.05, 4.69) is 15.6 Å². The van der Waals surface area contributed by atoms with E-state index in [0.29, 0.717) is 11.3 Å². The largest absolute Gasteiger partial charge is 0.279 e. The molecule has 3 rings (SSSR count). The first-order valence-electron chi connectivity index (χ1n) is 9.15. The summed E-state index contributed by atoms with van der Waals surface area (Å²) >= 11 is 1.45. The minimum Gasteiger partial charge on any atom is -0.267 e. The summed E-state index contributed by atoms with van der Waals surface area (Å²) in [6.45, 7) is 3.67. The molecule has 2 amide bonds. The third-order valence-electron chi connectivity index (χ3n) is 4.66. The fourth-order valence-corrected chi connectivity index (χ4v) is 5.37. The van der Waals surface area contributed by atoms with E-state index in [4.69, 9.17) is 0 Å². The first-order valence-corrected chi connectivity index (χ1v) is 11.4. The summed E-state index contributed by atoms with van der Waals surface area (Å²) in [5.41, 5.74) is 6.23. The van der Waals surface area contributed by atoms with Crippen molar-refractivity contribution >= 4 is 33.2 Å². The van der Waals surface area contributed by atoms with E-state index < -0.39 is 15.9 Å². The quantitative estimate of drug-likeness (QED) is 0.623. The molecule has 1 aromatic heterocycles. The normalized spacial score (nSPS) is 14.4. The van der Waals surface area contributed by atoms with Crippen LogP contribution in [0.15, 0.2) is 35.2 Å². The number of fused-ring (bicyclic) bond motifs is 1. The van der Waals surface area contributed by atoms with Crippen LogP contribution in [0.4, 0.5) is 0 Å². The molecule has 0 bridgehead atoms. The van der Waals surface area contributed by atoms with Crippen LogP contribution in [-0.4, -0.2) is 26.3 Å². The smallest absolute Gasteiger partial charge is 0.267 e. The van der Waals surface area contributed by atoms with Crippen molar-refractivity contribution in [3.8, 4) is 0 Å². The molecule has 0 radical (unpaired) electrons. The number of carbonyl (C=O) groups is 2. The number of sulfonamides is 1. The highest BCUT2D eigenvalue weighted by Gasteiger charge is 2.20. The Balaban J connectivity index is 1.59. The molecule has 0 spiro atoms. The van der Waals surface area contributed by atoms with Crippen LogP contribution >= 0.6 is 11.3 Å². The van der Waals surface area contributed by atoms with Crippen LogP contribution in [0.3, 0.4) is 0 Å². The number of hydrogen-bond donors (Lipinski definition) is 3. The molecular formula is C19H23N3O4S2. The molecule has 1 atom stereocenters. The van der Waals surface area contributed by atoms with Gasteiger partial charge < -0.3 is 0 Å². The first kappa shape index (κ1) is 20.5. The van der Waals surface area contributed by atoms with Crippen LogP contribution < -0.4 is 15.6 Å². The van der Waals surface area contributed by atoms with Crippen LogP contribution in [0.1, 0.15) is 57.2 Å². The molecule has 1 heterocycles. The number of amides is 2. The monoisotopic (exact) mass is 421 g/mol. The van der Waals surface area contributed by atoms with Crippen molar-refractivity contribution in [2.24, 2.45) is 0 Å². The SMILES string of the molecule is CCC(C)NS(=O)(=O)c1ccc(C(=O)NNC(=O)c2cc3c(s2)CCC3)cc1. The highest BCUT2D eigenvalue weighted by molar-refractivity contribution is 7.89. The lowest BCUT2D eigenvalue weighted by Gasteiger charge is -2.12. The number of thiophene rings is 1. The molecule has 0 saturated heterocycles. The van der Waals surface area contributed by atoms with Crippen molar-refractivity contribution in [2.45, 2.75) is 50.5 Å². The van der Waals surface area contributed by atoms with Gasteiger partial charge in [0, 0.05) is 16.5 Å². The Morgan fingerprint density at radius 1 is 1.11 bits per heavy atom. The van der Waals surface area contributed by atoms with Crippen molar-refractivity contribution < 1.29 is 18.0 Å². The van der Waals surface area contributed by atoms with Crippen molar-refractivity contribution in [3.05, 3.63) is 51.2 Å². The minimum atomic E-state index is -3.62. The molecule has 0 aliphatic heterocycles. The molecule has 2 aromatic rings. The molecule has 150 valence electrons. The lowest BCUT2D eigenvalue weighted by Crippen LogP contribution is -2.41. The maximum atomic E-state index is 12.2. The maximum absolute atomic E-state index is 12.2. The first-order chi connectivity index (χ1) is 13.3. The fourth-order valence-electron chi connectivity index (χ4n) is 2.89. The van der Waals surface area contributed by atoms with Gasteiger partial charge in [0.05, 0.1) is 9.77 Å². The van der Waals surface area contributed by atoms with E-state index in [1.54, 1.807) is 6.92 Å². The average Bonchev–Trinajstić information content (AvgIpc) is 3.27. The Hall–Kier alpha value is -2.23. The Labute approximate surface area is 168 Å². The molecule has 3 N–H and O–H groups in total. The molecule has 0 fully saturated rings. The van der Waals surface area contributed by atoms with E-state index in [1.807, 2.05) is 13.0 Å². The Morgan fingerprint density at radius 2 is 1.79 bits per heavy atom. The number of carbonyl (C=O) groups excluding carboxylic acids is 2. The summed E-state index contributed by atoms with van der Waals surface area (Å²) < 4.78 is 27.1. The van der Waals surface area contributed by atoms with Gasteiger partial charge in [0.1, 0.15) is 0 Å². The molecule has 28 heavy (non-hydrogen) atoms. The molecule has 1 unspecified atom stereocenters. The molecule has 1 aromatic carbocycles. The minimum absolute atomic E-state index is 0.0847. The van der Waals surface area contributed by atoms with Gasteiger partial charge in [-0.3, -0.25) is 20.4 Å².